The molecule has 2 heterocycles. The Labute approximate surface area is 81.4 Å². The maximum atomic E-state index is 5.41. The van der Waals surface area contributed by atoms with E-state index in [0.29, 0.717) is 18.8 Å². The molecule has 0 saturated carbocycles. The van der Waals surface area contributed by atoms with Gasteiger partial charge in [0.05, 0.1) is 0 Å². The average molecular weight is 189 g/mol. The maximum Gasteiger partial charge on any atom is 0.199 e. The lowest BCUT2D eigenvalue weighted by molar-refractivity contribution is 0.874. The fourth-order valence-electron chi connectivity index (χ4n) is 1.15. The summed E-state index contributed by atoms with van der Waals surface area (Å²) in [5.41, 5.74) is 6.18. The standard InChI is InChI=1S/C9H11N5/c10-5-4-8-12-9(14-13-8)7-3-1-2-6-11-7/h1-3,6H,4-5,10H2,(H,12,13,14). The summed E-state index contributed by atoms with van der Waals surface area (Å²) in [6, 6.07) is 5.63. The van der Waals surface area contributed by atoms with Gasteiger partial charge < -0.3 is 5.73 Å². The lowest BCUT2D eigenvalue weighted by Crippen LogP contribution is -2.03. The van der Waals surface area contributed by atoms with Gasteiger partial charge in [0, 0.05) is 12.6 Å². The van der Waals surface area contributed by atoms with Crippen molar-refractivity contribution < 1.29 is 0 Å². The number of rotatable bonds is 3. The largest absolute Gasteiger partial charge is 0.330 e. The molecule has 0 aliphatic heterocycles. The molecule has 5 heteroatoms. The molecule has 2 aromatic rings. The monoisotopic (exact) mass is 189 g/mol. The molecular formula is C9H11N5. The smallest absolute Gasteiger partial charge is 0.199 e. The molecular weight excluding hydrogens is 178 g/mol. The number of nitrogens with two attached hydrogens (primary N) is 1. The van der Waals surface area contributed by atoms with Crippen LogP contribution in [0.15, 0.2) is 24.4 Å². The van der Waals surface area contributed by atoms with E-state index in [4.69, 9.17) is 5.73 Å². The second kappa shape index (κ2) is 3.97. The second-order valence-electron chi connectivity index (χ2n) is 2.86. The first-order chi connectivity index (χ1) is 6.90. The Bertz CT molecular complexity index is 395. The Hall–Kier alpha value is -1.75. The summed E-state index contributed by atoms with van der Waals surface area (Å²) in [6.07, 6.45) is 2.42. The van der Waals surface area contributed by atoms with Crippen LogP contribution in [0.3, 0.4) is 0 Å². The Morgan fingerprint density at radius 1 is 1.36 bits per heavy atom. The van der Waals surface area contributed by atoms with E-state index in [-0.39, 0.29) is 0 Å². The summed E-state index contributed by atoms with van der Waals surface area (Å²) in [4.78, 5) is 8.41. The molecule has 0 spiro atoms. The highest BCUT2D eigenvalue weighted by Gasteiger charge is 2.04. The zero-order valence-corrected chi connectivity index (χ0v) is 7.64. The van der Waals surface area contributed by atoms with Gasteiger partial charge in [0.1, 0.15) is 11.5 Å². The Kier molecular flexibility index (Phi) is 2.51. The molecule has 72 valence electrons. The number of nitrogens with zero attached hydrogens (tertiary/aromatic N) is 3. The first-order valence-corrected chi connectivity index (χ1v) is 4.43. The van der Waals surface area contributed by atoms with Gasteiger partial charge >= 0.3 is 0 Å². The molecule has 5 nitrogen and oxygen atoms in total. The van der Waals surface area contributed by atoms with E-state index in [1.54, 1.807) is 6.20 Å². The van der Waals surface area contributed by atoms with E-state index in [1.807, 2.05) is 18.2 Å². The van der Waals surface area contributed by atoms with Crippen LogP contribution in [0.5, 0.6) is 0 Å². The molecule has 2 rings (SSSR count). The Morgan fingerprint density at radius 2 is 2.29 bits per heavy atom. The predicted octanol–water partition coefficient (Wildman–Crippen LogP) is 0.368. The normalized spacial score (nSPS) is 10.4. The van der Waals surface area contributed by atoms with Crippen LogP contribution in [-0.2, 0) is 6.42 Å². The second-order valence-corrected chi connectivity index (χ2v) is 2.86. The predicted molar refractivity (Wildman–Crippen MR) is 52.4 cm³/mol. The molecule has 0 atom stereocenters. The summed E-state index contributed by atoms with van der Waals surface area (Å²) in [5, 5.41) is 6.87. The number of nitrogens with one attached hydrogen (secondary N) is 1. The Balaban J connectivity index is 2.25. The van der Waals surface area contributed by atoms with Crippen molar-refractivity contribution in [2.45, 2.75) is 6.42 Å². The zero-order chi connectivity index (χ0) is 9.80. The van der Waals surface area contributed by atoms with Gasteiger partial charge in [0.2, 0.25) is 0 Å². The molecule has 0 fully saturated rings. The summed E-state index contributed by atoms with van der Waals surface area (Å²) in [6.45, 7) is 0.566. The van der Waals surface area contributed by atoms with Gasteiger partial charge in [-0.3, -0.25) is 10.1 Å². The van der Waals surface area contributed by atoms with Gasteiger partial charge in [0.15, 0.2) is 5.82 Å². The van der Waals surface area contributed by atoms with Crippen molar-refractivity contribution in [1.82, 2.24) is 20.2 Å². The van der Waals surface area contributed by atoms with E-state index in [2.05, 4.69) is 20.2 Å². The highest BCUT2D eigenvalue weighted by molar-refractivity contribution is 5.47. The first kappa shape index (κ1) is 8.83. The molecule has 0 radical (unpaired) electrons. The van der Waals surface area contributed by atoms with E-state index >= 15 is 0 Å². The van der Waals surface area contributed by atoms with E-state index in [9.17, 15) is 0 Å². The number of aromatic amines is 1. The third kappa shape index (κ3) is 1.77. The van der Waals surface area contributed by atoms with Gasteiger partial charge in [-0.2, -0.15) is 5.10 Å². The Morgan fingerprint density at radius 3 is 3.00 bits per heavy atom. The molecule has 0 bridgehead atoms. The van der Waals surface area contributed by atoms with Crippen LogP contribution in [0.2, 0.25) is 0 Å². The molecule has 0 saturated heterocycles. The van der Waals surface area contributed by atoms with Crippen molar-refractivity contribution >= 4 is 0 Å². The SMILES string of the molecule is NCCc1nc(-c2ccccn2)n[nH]1. The summed E-state index contributed by atoms with van der Waals surface area (Å²) in [7, 11) is 0. The van der Waals surface area contributed by atoms with Crippen LogP contribution in [-0.4, -0.2) is 26.7 Å². The zero-order valence-electron chi connectivity index (χ0n) is 7.64. The minimum atomic E-state index is 0.566. The highest BCUT2D eigenvalue weighted by atomic mass is 15.2. The van der Waals surface area contributed by atoms with Crippen molar-refractivity contribution in [3.63, 3.8) is 0 Å². The molecule has 3 N–H and O–H groups in total. The van der Waals surface area contributed by atoms with Crippen molar-refractivity contribution in [1.29, 1.82) is 0 Å². The van der Waals surface area contributed by atoms with Crippen molar-refractivity contribution in [2.75, 3.05) is 6.54 Å². The van der Waals surface area contributed by atoms with Gasteiger partial charge in [-0.05, 0) is 18.7 Å². The van der Waals surface area contributed by atoms with Gasteiger partial charge in [-0.25, -0.2) is 4.98 Å². The molecule has 0 aliphatic carbocycles. The highest BCUT2D eigenvalue weighted by Crippen LogP contribution is 2.09. The van der Waals surface area contributed by atoms with E-state index < -0.39 is 0 Å². The van der Waals surface area contributed by atoms with Crippen molar-refractivity contribution in [2.24, 2.45) is 5.73 Å². The van der Waals surface area contributed by atoms with E-state index in [1.165, 1.54) is 0 Å². The number of pyridine rings is 1. The topological polar surface area (TPSA) is 80.5 Å². The lowest BCUT2D eigenvalue weighted by Gasteiger charge is -1.90. The van der Waals surface area contributed by atoms with Gasteiger partial charge in [-0.15, -0.1) is 0 Å². The van der Waals surface area contributed by atoms with Gasteiger partial charge in [-0.1, -0.05) is 6.07 Å². The fourth-order valence-corrected chi connectivity index (χ4v) is 1.15. The third-order valence-corrected chi connectivity index (χ3v) is 1.81. The summed E-state index contributed by atoms with van der Waals surface area (Å²) >= 11 is 0. The van der Waals surface area contributed by atoms with E-state index in [0.717, 1.165) is 11.5 Å². The molecule has 0 aromatic carbocycles. The molecule has 0 amide bonds. The third-order valence-electron chi connectivity index (χ3n) is 1.81. The quantitative estimate of drug-likeness (QED) is 0.730. The lowest BCUT2D eigenvalue weighted by atomic mass is 10.3. The van der Waals surface area contributed by atoms with Crippen LogP contribution >= 0.6 is 0 Å². The minimum absolute atomic E-state index is 0.566. The number of aromatic nitrogens is 4. The van der Waals surface area contributed by atoms with Crippen molar-refractivity contribution in [3.8, 4) is 11.5 Å². The van der Waals surface area contributed by atoms with Crippen LogP contribution in [0.4, 0.5) is 0 Å². The molecule has 0 aliphatic rings. The first-order valence-electron chi connectivity index (χ1n) is 4.43. The molecule has 14 heavy (non-hydrogen) atoms. The fraction of sp³-hybridized carbons (Fsp3) is 0.222. The number of hydrogen-bond acceptors (Lipinski definition) is 4. The number of H-pyrrole nitrogens is 1. The van der Waals surface area contributed by atoms with Crippen molar-refractivity contribution in [3.05, 3.63) is 30.2 Å². The molecule has 0 unspecified atom stereocenters. The summed E-state index contributed by atoms with van der Waals surface area (Å²) in [5.74, 6) is 1.42. The number of hydrogen-bond donors (Lipinski definition) is 2. The summed E-state index contributed by atoms with van der Waals surface area (Å²) < 4.78 is 0. The average Bonchev–Trinajstić information content (AvgIpc) is 2.68. The van der Waals surface area contributed by atoms with Crippen LogP contribution < -0.4 is 5.73 Å². The van der Waals surface area contributed by atoms with Gasteiger partial charge in [0.25, 0.3) is 0 Å². The van der Waals surface area contributed by atoms with Crippen LogP contribution in [0.25, 0.3) is 11.5 Å². The minimum Gasteiger partial charge on any atom is -0.330 e. The maximum absolute atomic E-state index is 5.41. The molecule has 2 aromatic heterocycles. The van der Waals surface area contributed by atoms with Crippen LogP contribution in [0.1, 0.15) is 5.82 Å². The van der Waals surface area contributed by atoms with Crippen LogP contribution in [0, 0.1) is 0 Å².